The molecule has 32 heavy (non-hydrogen) atoms. The van der Waals surface area contributed by atoms with Gasteiger partial charge in [-0.05, 0) is 31.2 Å². The number of benzene rings is 1. The zero-order chi connectivity index (χ0) is 24.1. The second-order valence-electron chi connectivity index (χ2n) is 6.17. The first-order valence-electron chi connectivity index (χ1n) is 8.72. The molecule has 1 aromatic carbocycles. The molecule has 0 radical (unpaired) electrons. The van der Waals surface area contributed by atoms with Crippen molar-refractivity contribution in [2.45, 2.75) is 6.92 Å². The topological polar surface area (TPSA) is 185 Å². The van der Waals surface area contributed by atoms with Crippen molar-refractivity contribution in [3.05, 3.63) is 41.5 Å². The van der Waals surface area contributed by atoms with Crippen LogP contribution in [0.3, 0.4) is 0 Å². The minimum atomic E-state index is -4.69. The summed E-state index contributed by atoms with van der Waals surface area (Å²) in [5.41, 5.74) is -0.165. The first-order valence-corrected chi connectivity index (χ1v) is 13.0. The van der Waals surface area contributed by atoms with Gasteiger partial charge in [0, 0.05) is 5.69 Å². The van der Waals surface area contributed by atoms with E-state index in [4.69, 9.17) is 9.47 Å². The van der Waals surface area contributed by atoms with Crippen LogP contribution in [0.15, 0.2) is 30.3 Å². The number of carbonyl (C=O) groups excluding carboxylic acids is 3. The first kappa shape index (κ1) is 25.5. The molecule has 0 atom stereocenters. The Labute approximate surface area is 186 Å². The summed E-state index contributed by atoms with van der Waals surface area (Å²) in [4.78, 5) is 55.0. The number of hydrogen-bond acceptors (Lipinski definition) is 9. The van der Waals surface area contributed by atoms with Crippen LogP contribution in [0.4, 0.5) is 10.7 Å². The predicted octanol–water partition coefficient (Wildman–Crippen LogP) is 0.895. The average molecular weight is 506 g/mol. The molecule has 1 heterocycles. The Balaban J connectivity index is 2.09. The molecule has 1 amide bonds. The lowest BCUT2D eigenvalue weighted by Gasteiger charge is -2.08. The summed E-state index contributed by atoms with van der Waals surface area (Å²) in [6, 6.07) is 6.30. The third-order valence-electron chi connectivity index (χ3n) is 3.49. The smallest absolute Gasteiger partial charge is 0.366 e. The summed E-state index contributed by atoms with van der Waals surface area (Å²) >= 11 is 0.485. The van der Waals surface area contributed by atoms with Crippen LogP contribution < -0.4 is 14.7 Å². The summed E-state index contributed by atoms with van der Waals surface area (Å²) in [6.45, 7) is 0.748. The Morgan fingerprint density at radius 1 is 1.12 bits per heavy atom. The normalized spacial score (nSPS) is 11.5. The zero-order valence-electron chi connectivity index (χ0n) is 16.7. The molecule has 0 unspecified atom stereocenters. The third-order valence-corrected chi connectivity index (χ3v) is 6.64. The lowest BCUT2D eigenvalue weighted by molar-refractivity contribution is -0.119. The lowest BCUT2D eigenvalue weighted by Crippen LogP contribution is -2.21. The van der Waals surface area contributed by atoms with E-state index in [9.17, 15) is 37.2 Å². The molecule has 12 nitrogen and oxygen atoms in total. The van der Waals surface area contributed by atoms with E-state index in [1.807, 2.05) is 0 Å². The molecule has 0 spiro atoms. The quantitative estimate of drug-likeness (QED) is 0.281. The molecular weight excluding hydrogens is 487 g/mol. The second kappa shape index (κ2) is 10.2. The van der Waals surface area contributed by atoms with Crippen molar-refractivity contribution < 1.29 is 46.6 Å². The van der Waals surface area contributed by atoms with Crippen molar-refractivity contribution in [2.75, 3.05) is 29.5 Å². The van der Waals surface area contributed by atoms with E-state index in [1.54, 1.807) is 0 Å². The molecular formula is C17H19N2O10PS2. The highest BCUT2D eigenvalue weighted by molar-refractivity contribution is 7.92. The number of rotatable bonds is 9. The van der Waals surface area contributed by atoms with E-state index in [1.165, 1.54) is 31.2 Å². The van der Waals surface area contributed by atoms with Crippen molar-refractivity contribution in [1.29, 1.82) is 0 Å². The molecule has 0 aliphatic carbocycles. The summed E-state index contributed by atoms with van der Waals surface area (Å²) in [7, 11) is -8.25. The van der Waals surface area contributed by atoms with E-state index in [0.29, 0.717) is 11.3 Å². The van der Waals surface area contributed by atoms with Crippen LogP contribution in [0, 0.1) is 0 Å². The van der Waals surface area contributed by atoms with Crippen LogP contribution in [0.1, 0.15) is 27.6 Å². The van der Waals surface area contributed by atoms with Gasteiger partial charge in [0.15, 0.2) is 6.61 Å². The van der Waals surface area contributed by atoms with Crippen LogP contribution in [-0.2, 0) is 28.9 Å². The standard InChI is InChI=1S/C17H19N2O10PS2/c1-3-28-17(22)12-8-14(30(23,24)25)31-15(12)18-13(20)9-29-16(21)10-5-4-6-11(7-10)19-32(2,26)27/h4-8,19H,3,9H2,1-2H3,(H,18,20)(H2,23,24,25). The maximum absolute atomic E-state index is 12.2. The van der Waals surface area contributed by atoms with E-state index < -0.39 is 46.7 Å². The van der Waals surface area contributed by atoms with E-state index in [-0.39, 0.29) is 28.4 Å². The molecule has 0 bridgehead atoms. The number of thiophene rings is 1. The third kappa shape index (κ3) is 7.43. The number of nitrogens with one attached hydrogen (secondary N) is 2. The van der Waals surface area contributed by atoms with Crippen molar-refractivity contribution in [1.82, 2.24) is 0 Å². The molecule has 1 aromatic heterocycles. The molecule has 2 rings (SSSR count). The Bertz CT molecular complexity index is 1190. The van der Waals surface area contributed by atoms with Crippen LogP contribution in [-0.4, -0.2) is 55.5 Å². The molecule has 0 fully saturated rings. The highest BCUT2D eigenvalue weighted by Gasteiger charge is 2.27. The highest BCUT2D eigenvalue weighted by Crippen LogP contribution is 2.39. The maximum atomic E-state index is 12.2. The van der Waals surface area contributed by atoms with Crippen molar-refractivity contribution >= 4 is 62.1 Å². The van der Waals surface area contributed by atoms with Gasteiger partial charge >= 0.3 is 19.5 Å². The summed E-state index contributed by atoms with van der Waals surface area (Å²) in [5.74, 6) is -2.70. The number of amides is 1. The van der Waals surface area contributed by atoms with Gasteiger partial charge in [0.2, 0.25) is 10.0 Å². The van der Waals surface area contributed by atoms with Gasteiger partial charge in [-0.25, -0.2) is 18.0 Å². The fourth-order valence-corrected chi connectivity index (χ4v) is 4.68. The van der Waals surface area contributed by atoms with Crippen molar-refractivity contribution in [3.8, 4) is 0 Å². The number of sulfonamides is 1. The summed E-state index contributed by atoms with van der Waals surface area (Å²) in [6.07, 6.45) is 0.940. The molecule has 0 aliphatic rings. The van der Waals surface area contributed by atoms with Crippen molar-refractivity contribution in [3.63, 3.8) is 0 Å². The van der Waals surface area contributed by atoms with Gasteiger partial charge in [-0.3, -0.25) is 14.1 Å². The minimum absolute atomic E-state index is 0.00181. The first-order chi connectivity index (χ1) is 14.8. The van der Waals surface area contributed by atoms with Gasteiger partial charge in [-0.2, -0.15) is 0 Å². The highest BCUT2D eigenvalue weighted by atomic mass is 32.2. The monoisotopic (exact) mass is 506 g/mol. The Morgan fingerprint density at radius 2 is 1.81 bits per heavy atom. The fourth-order valence-electron chi connectivity index (χ4n) is 2.28. The molecule has 0 saturated heterocycles. The van der Waals surface area contributed by atoms with Crippen LogP contribution >= 0.6 is 18.9 Å². The van der Waals surface area contributed by atoms with Gasteiger partial charge in [-0.15, -0.1) is 11.3 Å². The van der Waals surface area contributed by atoms with Gasteiger partial charge in [0.1, 0.15) is 9.62 Å². The number of hydrogen-bond donors (Lipinski definition) is 4. The van der Waals surface area contributed by atoms with Crippen molar-refractivity contribution in [2.24, 2.45) is 0 Å². The molecule has 0 saturated carbocycles. The fraction of sp³-hybridized carbons (Fsp3) is 0.235. The van der Waals surface area contributed by atoms with Crippen LogP contribution in [0.5, 0.6) is 0 Å². The average Bonchev–Trinajstić information content (AvgIpc) is 3.09. The molecule has 15 heteroatoms. The molecule has 174 valence electrons. The Hall–Kier alpha value is -2.77. The van der Waals surface area contributed by atoms with Crippen LogP contribution in [0.25, 0.3) is 0 Å². The Kier molecular flexibility index (Phi) is 8.15. The van der Waals surface area contributed by atoms with E-state index >= 15 is 0 Å². The maximum Gasteiger partial charge on any atom is 0.366 e. The largest absolute Gasteiger partial charge is 0.462 e. The molecule has 0 aliphatic heterocycles. The zero-order valence-corrected chi connectivity index (χ0v) is 19.3. The van der Waals surface area contributed by atoms with Gasteiger partial charge in [-0.1, -0.05) is 6.07 Å². The predicted molar refractivity (Wildman–Crippen MR) is 116 cm³/mol. The SMILES string of the molecule is CCOC(=O)c1cc(P(=O)(O)O)sc1NC(=O)COC(=O)c1cccc(NS(C)(=O)=O)c1. The summed E-state index contributed by atoms with van der Waals surface area (Å²) < 4.78 is 45.5. The van der Waals surface area contributed by atoms with Gasteiger partial charge in [0.05, 0.1) is 24.0 Å². The van der Waals surface area contributed by atoms with Crippen LogP contribution in [0.2, 0.25) is 0 Å². The minimum Gasteiger partial charge on any atom is -0.462 e. The van der Waals surface area contributed by atoms with E-state index in [2.05, 4.69) is 10.0 Å². The second-order valence-corrected chi connectivity index (χ2v) is 10.8. The lowest BCUT2D eigenvalue weighted by atomic mass is 10.2. The number of carbonyl (C=O) groups is 3. The molecule has 4 N–H and O–H groups in total. The summed E-state index contributed by atoms with van der Waals surface area (Å²) in [5, 5.41) is 2.08. The number of anilines is 2. The molecule has 2 aromatic rings. The number of esters is 2. The number of ether oxygens (including phenoxy) is 2. The van der Waals surface area contributed by atoms with Gasteiger partial charge < -0.3 is 24.6 Å². The van der Waals surface area contributed by atoms with Gasteiger partial charge in [0.25, 0.3) is 5.91 Å². The Morgan fingerprint density at radius 3 is 2.41 bits per heavy atom. The van der Waals surface area contributed by atoms with E-state index in [0.717, 1.165) is 12.3 Å².